The van der Waals surface area contributed by atoms with Gasteiger partial charge in [-0.15, -0.1) is 11.3 Å². The number of amides is 1. The number of hydrogen-bond donors (Lipinski definition) is 1. The van der Waals surface area contributed by atoms with Crippen LogP contribution >= 0.6 is 11.3 Å². The molecule has 6 heteroatoms. The Bertz CT molecular complexity index is 608. The van der Waals surface area contributed by atoms with Gasteiger partial charge in [0.05, 0.1) is 18.2 Å². The predicted octanol–water partition coefficient (Wildman–Crippen LogP) is 2.49. The number of benzene rings is 1. The number of aromatic nitrogens is 1. The number of esters is 1. The molecule has 1 N–H and O–H groups in total. The fourth-order valence-corrected chi connectivity index (χ4v) is 2.09. The van der Waals surface area contributed by atoms with E-state index in [9.17, 15) is 9.59 Å². The van der Waals surface area contributed by atoms with Gasteiger partial charge in [0.25, 0.3) is 5.91 Å². The molecule has 2 rings (SSSR count). The van der Waals surface area contributed by atoms with Crippen molar-refractivity contribution in [2.45, 2.75) is 6.92 Å². The molecule has 1 amide bonds. The highest BCUT2D eigenvalue weighted by atomic mass is 32.1. The minimum absolute atomic E-state index is 0.268. The van der Waals surface area contributed by atoms with Gasteiger partial charge in [-0.05, 0) is 30.7 Å². The van der Waals surface area contributed by atoms with E-state index < -0.39 is 5.97 Å². The molecule has 0 radical (unpaired) electrons. The Hall–Kier alpha value is -2.21. The van der Waals surface area contributed by atoms with Crippen LogP contribution in [0.3, 0.4) is 0 Å². The maximum atomic E-state index is 11.8. The lowest BCUT2D eigenvalue weighted by Gasteiger charge is -2.08. The Morgan fingerprint density at radius 1 is 1.37 bits per heavy atom. The highest BCUT2D eigenvalue weighted by molar-refractivity contribution is 7.07. The van der Waals surface area contributed by atoms with E-state index in [2.05, 4.69) is 15.0 Å². The standard InChI is InChI=1S/C13H12N2O3S/c1-8-5-9(13(17)18-2)3-4-10(8)15-12(16)11-6-19-7-14-11/h3-7H,1-2H3,(H,15,16). The fraction of sp³-hybridized carbons (Fsp3) is 0.154. The number of carbonyl (C=O) groups excluding carboxylic acids is 2. The van der Waals surface area contributed by atoms with E-state index in [1.165, 1.54) is 18.4 Å². The first-order chi connectivity index (χ1) is 9.11. The third kappa shape index (κ3) is 2.97. The summed E-state index contributed by atoms with van der Waals surface area (Å²) >= 11 is 1.36. The molecule has 1 aromatic heterocycles. The monoisotopic (exact) mass is 276 g/mol. The van der Waals surface area contributed by atoms with Crippen molar-refractivity contribution in [2.24, 2.45) is 0 Å². The lowest BCUT2D eigenvalue weighted by Crippen LogP contribution is -2.13. The third-order valence-electron chi connectivity index (χ3n) is 2.56. The SMILES string of the molecule is COC(=O)c1ccc(NC(=O)c2cscn2)c(C)c1. The number of hydrogen-bond acceptors (Lipinski definition) is 5. The number of methoxy groups -OCH3 is 1. The lowest BCUT2D eigenvalue weighted by atomic mass is 10.1. The van der Waals surface area contributed by atoms with Crippen molar-refractivity contribution in [3.63, 3.8) is 0 Å². The summed E-state index contributed by atoms with van der Waals surface area (Å²) in [5, 5.41) is 4.42. The topological polar surface area (TPSA) is 68.3 Å². The fourth-order valence-electron chi connectivity index (χ4n) is 1.56. The van der Waals surface area contributed by atoms with E-state index in [1.807, 2.05) is 6.92 Å². The van der Waals surface area contributed by atoms with Gasteiger partial charge in [0.2, 0.25) is 0 Å². The van der Waals surface area contributed by atoms with Crippen LogP contribution in [0.2, 0.25) is 0 Å². The molecule has 0 atom stereocenters. The number of thiazole rings is 1. The molecule has 5 nitrogen and oxygen atoms in total. The Labute approximate surface area is 114 Å². The molecule has 0 saturated heterocycles. The van der Waals surface area contributed by atoms with Crippen molar-refractivity contribution < 1.29 is 14.3 Å². The van der Waals surface area contributed by atoms with Gasteiger partial charge in [-0.2, -0.15) is 0 Å². The number of ether oxygens (including phenoxy) is 1. The van der Waals surface area contributed by atoms with E-state index >= 15 is 0 Å². The molecule has 0 spiro atoms. The summed E-state index contributed by atoms with van der Waals surface area (Å²) in [6.45, 7) is 1.81. The number of anilines is 1. The summed E-state index contributed by atoms with van der Waals surface area (Å²) in [4.78, 5) is 27.1. The summed E-state index contributed by atoms with van der Waals surface area (Å²) in [5.41, 5.74) is 3.85. The molecular formula is C13H12N2O3S. The summed E-state index contributed by atoms with van der Waals surface area (Å²) < 4.78 is 4.64. The molecule has 0 aliphatic rings. The second-order valence-corrected chi connectivity index (χ2v) is 4.57. The van der Waals surface area contributed by atoms with Crippen molar-refractivity contribution in [1.82, 2.24) is 4.98 Å². The van der Waals surface area contributed by atoms with Crippen LogP contribution in [0.1, 0.15) is 26.4 Å². The van der Waals surface area contributed by atoms with Crippen LogP contribution in [0.15, 0.2) is 29.1 Å². The molecule has 0 aliphatic carbocycles. The first-order valence-corrected chi connectivity index (χ1v) is 6.44. The Morgan fingerprint density at radius 2 is 2.16 bits per heavy atom. The second-order valence-electron chi connectivity index (χ2n) is 3.85. The van der Waals surface area contributed by atoms with Crippen molar-refractivity contribution in [3.8, 4) is 0 Å². The number of aryl methyl sites for hydroxylation is 1. The van der Waals surface area contributed by atoms with Crippen LogP contribution in [0.5, 0.6) is 0 Å². The highest BCUT2D eigenvalue weighted by Crippen LogP contribution is 2.18. The summed E-state index contributed by atoms with van der Waals surface area (Å²) in [7, 11) is 1.33. The van der Waals surface area contributed by atoms with Crippen LogP contribution in [-0.4, -0.2) is 24.0 Å². The zero-order chi connectivity index (χ0) is 13.8. The Morgan fingerprint density at radius 3 is 2.74 bits per heavy atom. The summed E-state index contributed by atoms with van der Waals surface area (Å²) in [5.74, 6) is -0.671. The van der Waals surface area contributed by atoms with Gasteiger partial charge in [-0.1, -0.05) is 0 Å². The number of rotatable bonds is 3. The predicted molar refractivity (Wildman–Crippen MR) is 72.6 cm³/mol. The van der Waals surface area contributed by atoms with Gasteiger partial charge >= 0.3 is 5.97 Å². The van der Waals surface area contributed by atoms with Crippen LogP contribution in [0.4, 0.5) is 5.69 Å². The Kier molecular flexibility index (Phi) is 3.91. The van der Waals surface area contributed by atoms with Crippen LogP contribution < -0.4 is 5.32 Å². The van der Waals surface area contributed by atoms with Crippen LogP contribution in [-0.2, 0) is 4.74 Å². The number of nitrogens with zero attached hydrogens (tertiary/aromatic N) is 1. The van der Waals surface area contributed by atoms with Crippen molar-refractivity contribution in [1.29, 1.82) is 0 Å². The molecule has 0 bridgehead atoms. The maximum absolute atomic E-state index is 11.8. The first-order valence-electron chi connectivity index (χ1n) is 5.50. The van der Waals surface area contributed by atoms with E-state index in [4.69, 9.17) is 0 Å². The smallest absolute Gasteiger partial charge is 0.337 e. The van der Waals surface area contributed by atoms with Crippen LogP contribution in [0.25, 0.3) is 0 Å². The second kappa shape index (κ2) is 5.62. The maximum Gasteiger partial charge on any atom is 0.337 e. The molecule has 1 heterocycles. The molecule has 0 saturated carbocycles. The molecular weight excluding hydrogens is 264 g/mol. The lowest BCUT2D eigenvalue weighted by molar-refractivity contribution is 0.0600. The zero-order valence-electron chi connectivity index (χ0n) is 10.5. The third-order valence-corrected chi connectivity index (χ3v) is 3.15. The minimum Gasteiger partial charge on any atom is -0.465 e. The average molecular weight is 276 g/mol. The molecule has 0 fully saturated rings. The van der Waals surface area contributed by atoms with Gasteiger partial charge in [-0.25, -0.2) is 9.78 Å². The number of carbonyl (C=O) groups is 2. The van der Waals surface area contributed by atoms with Gasteiger partial charge in [0.15, 0.2) is 0 Å². The minimum atomic E-state index is -0.402. The van der Waals surface area contributed by atoms with E-state index in [0.717, 1.165) is 5.56 Å². The highest BCUT2D eigenvalue weighted by Gasteiger charge is 2.11. The molecule has 98 valence electrons. The molecule has 19 heavy (non-hydrogen) atoms. The largest absolute Gasteiger partial charge is 0.465 e. The van der Waals surface area contributed by atoms with Gasteiger partial charge in [-0.3, -0.25) is 4.79 Å². The van der Waals surface area contributed by atoms with E-state index in [1.54, 1.807) is 29.1 Å². The molecule has 2 aromatic rings. The average Bonchev–Trinajstić information content (AvgIpc) is 2.94. The van der Waals surface area contributed by atoms with Crippen LogP contribution in [0, 0.1) is 6.92 Å². The van der Waals surface area contributed by atoms with E-state index in [0.29, 0.717) is 16.9 Å². The zero-order valence-corrected chi connectivity index (χ0v) is 11.3. The number of nitrogens with one attached hydrogen (secondary N) is 1. The van der Waals surface area contributed by atoms with Gasteiger partial charge < -0.3 is 10.1 Å². The summed E-state index contributed by atoms with van der Waals surface area (Å²) in [6.07, 6.45) is 0. The quantitative estimate of drug-likeness (QED) is 0.874. The summed E-state index contributed by atoms with van der Waals surface area (Å²) in [6, 6.07) is 4.95. The molecule has 1 aromatic carbocycles. The molecule has 0 unspecified atom stereocenters. The van der Waals surface area contributed by atoms with Gasteiger partial charge in [0.1, 0.15) is 5.69 Å². The normalized spacial score (nSPS) is 10.0. The first kappa shape index (κ1) is 13.2. The van der Waals surface area contributed by atoms with Crippen molar-refractivity contribution >= 4 is 28.9 Å². The van der Waals surface area contributed by atoms with E-state index in [-0.39, 0.29) is 5.91 Å². The van der Waals surface area contributed by atoms with Crippen molar-refractivity contribution in [2.75, 3.05) is 12.4 Å². The van der Waals surface area contributed by atoms with Gasteiger partial charge in [0, 0.05) is 11.1 Å². The Balaban J connectivity index is 2.18. The van der Waals surface area contributed by atoms with Crippen molar-refractivity contribution in [3.05, 3.63) is 45.9 Å². The molecule has 0 aliphatic heterocycles.